The maximum Gasteiger partial charge on any atom is 0.255 e. The zero-order chi connectivity index (χ0) is 20.2. The fraction of sp³-hybridized carbons (Fsp3) is 0.286. The number of carbonyl (C=O) groups excluding carboxylic acids is 2. The van der Waals surface area contributed by atoms with E-state index in [1.807, 2.05) is 24.3 Å². The SMILES string of the molecule is N#Cc1cc2c(nc1SCC(=O)NC1=NN(c3ccccc3)C(=O)C1)CCCC2. The predicted molar refractivity (Wildman–Crippen MR) is 110 cm³/mol. The molecule has 1 N–H and O–H groups in total. The van der Waals surface area contributed by atoms with Gasteiger partial charge in [-0.3, -0.25) is 9.59 Å². The van der Waals surface area contributed by atoms with E-state index in [9.17, 15) is 14.9 Å². The van der Waals surface area contributed by atoms with Crippen molar-refractivity contribution in [3.63, 3.8) is 0 Å². The number of nitriles is 1. The molecule has 1 aromatic heterocycles. The van der Waals surface area contributed by atoms with Crippen LogP contribution in [-0.4, -0.2) is 28.4 Å². The van der Waals surface area contributed by atoms with E-state index in [1.165, 1.54) is 16.8 Å². The molecule has 1 aliphatic heterocycles. The molecule has 7 nitrogen and oxygen atoms in total. The van der Waals surface area contributed by atoms with E-state index in [0.717, 1.165) is 36.9 Å². The van der Waals surface area contributed by atoms with E-state index >= 15 is 0 Å². The Morgan fingerprint density at radius 1 is 1.24 bits per heavy atom. The summed E-state index contributed by atoms with van der Waals surface area (Å²) in [6.07, 6.45) is 4.13. The van der Waals surface area contributed by atoms with Crippen LogP contribution in [0.4, 0.5) is 5.69 Å². The summed E-state index contributed by atoms with van der Waals surface area (Å²) in [7, 11) is 0. The van der Waals surface area contributed by atoms with E-state index in [-0.39, 0.29) is 24.0 Å². The van der Waals surface area contributed by atoms with Crippen LogP contribution in [0.3, 0.4) is 0 Å². The lowest BCUT2D eigenvalue weighted by molar-refractivity contribution is -0.117. The zero-order valence-corrected chi connectivity index (χ0v) is 16.5. The molecule has 2 aromatic rings. The molecule has 2 amide bonds. The van der Waals surface area contributed by atoms with Gasteiger partial charge in [0.05, 0.1) is 23.4 Å². The lowest BCUT2D eigenvalue weighted by Crippen LogP contribution is -2.31. The number of nitrogens with zero attached hydrogens (tertiary/aromatic N) is 4. The number of aryl methyl sites for hydroxylation is 2. The highest BCUT2D eigenvalue weighted by Crippen LogP contribution is 2.27. The number of thioether (sulfide) groups is 1. The number of fused-ring (bicyclic) bond motifs is 1. The standard InChI is InChI=1S/C21H19N5O2S/c22-12-15-10-14-6-4-5-9-17(14)23-21(15)29-13-19(27)24-18-11-20(28)26(25-18)16-7-2-1-3-8-16/h1-3,7-8,10H,4-6,9,11,13H2,(H,24,25,27). The molecule has 4 rings (SSSR count). The third kappa shape index (κ3) is 4.30. The van der Waals surface area contributed by atoms with Gasteiger partial charge in [-0.15, -0.1) is 0 Å². The Balaban J connectivity index is 1.40. The predicted octanol–water partition coefficient (Wildman–Crippen LogP) is 2.79. The Hall–Kier alpha value is -3.18. The number of amidine groups is 1. The van der Waals surface area contributed by atoms with Gasteiger partial charge in [0.15, 0.2) is 0 Å². The summed E-state index contributed by atoms with van der Waals surface area (Å²) in [4.78, 5) is 29.2. The molecule has 2 heterocycles. The van der Waals surface area contributed by atoms with Crippen LogP contribution < -0.4 is 10.3 Å². The highest BCUT2D eigenvalue weighted by atomic mass is 32.2. The van der Waals surface area contributed by atoms with Crippen LogP contribution in [0.25, 0.3) is 0 Å². The second-order valence-corrected chi connectivity index (χ2v) is 7.83. The molecule has 1 aromatic carbocycles. The molecule has 8 heteroatoms. The molecule has 0 unspecified atom stereocenters. The minimum atomic E-state index is -0.278. The Kier molecular flexibility index (Phi) is 5.58. The molecule has 146 valence electrons. The summed E-state index contributed by atoms with van der Waals surface area (Å²) in [6, 6.07) is 13.2. The van der Waals surface area contributed by atoms with Crippen LogP contribution in [0.15, 0.2) is 46.5 Å². The molecule has 2 aliphatic rings. The van der Waals surface area contributed by atoms with Crippen LogP contribution in [-0.2, 0) is 22.4 Å². The van der Waals surface area contributed by atoms with Crippen molar-refractivity contribution in [2.45, 2.75) is 37.1 Å². The van der Waals surface area contributed by atoms with Gasteiger partial charge in [-0.2, -0.15) is 15.4 Å². The first kappa shape index (κ1) is 19.2. The van der Waals surface area contributed by atoms with Crippen molar-refractivity contribution in [1.29, 1.82) is 5.26 Å². The third-order valence-electron chi connectivity index (χ3n) is 4.79. The van der Waals surface area contributed by atoms with Crippen LogP contribution in [0, 0.1) is 11.3 Å². The Bertz CT molecular complexity index is 1030. The molecule has 0 fully saturated rings. The number of rotatable bonds is 4. The summed E-state index contributed by atoms with van der Waals surface area (Å²) >= 11 is 1.23. The van der Waals surface area contributed by atoms with E-state index < -0.39 is 0 Å². The number of pyridine rings is 1. The van der Waals surface area contributed by atoms with Crippen molar-refractivity contribution in [3.8, 4) is 6.07 Å². The normalized spacial score (nSPS) is 15.5. The number of carbonyl (C=O) groups is 2. The molecule has 0 radical (unpaired) electrons. The summed E-state index contributed by atoms with van der Waals surface area (Å²) in [5.41, 5.74) is 3.34. The van der Waals surface area contributed by atoms with E-state index in [0.29, 0.717) is 22.1 Å². The third-order valence-corrected chi connectivity index (χ3v) is 5.78. The highest BCUT2D eigenvalue weighted by molar-refractivity contribution is 8.00. The van der Waals surface area contributed by atoms with Crippen molar-refractivity contribution in [3.05, 3.63) is 53.2 Å². The molecule has 0 spiro atoms. The summed E-state index contributed by atoms with van der Waals surface area (Å²) in [6.45, 7) is 0. The van der Waals surface area contributed by atoms with Crippen molar-refractivity contribution >= 4 is 35.1 Å². The maximum absolute atomic E-state index is 12.4. The Morgan fingerprint density at radius 3 is 2.83 bits per heavy atom. The average molecular weight is 405 g/mol. The molecule has 0 saturated carbocycles. The van der Waals surface area contributed by atoms with E-state index in [1.54, 1.807) is 12.1 Å². The van der Waals surface area contributed by atoms with Crippen molar-refractivity contribution in [1.82, 2.24) is 10.3 Å². The second kappa shape index (κ2) is 8.45. The van der Waals surface area contributed by atoms with Gasteiger partial charge in [0.2, 0.25) is 5.91 Å². The van der Waals surface area contributed by atoms with Crippen molar-refractivity contribution < 1.29 is 9.59 Å². The lowest BCUT2D eigenvalue weighted by atomic mass is 9.95. The molecule has 29 heavy (non-hydrogen) atoms. The fourth-order valence-corrected chi connectivity index (χ4v) is 4.18. The number of amides is 2. The number of nitrogens with one attached hydrogen (secondary N) is 1. The van der Waals surface area contributed by atoms with Gasteiger partial charge < -0.3 is 5.32 Å². The van der Waals surface area contributed by atoms with Gasteiger partial charge in [-0.1, -0.05) is 30.0 Å². The Labute approximate surface area is 172 Å². The first-order chi connectivity index (χ1) is 14.1. The number of hydrogen-bond acceptors (Lipinski definition) is 6. The first-order valence-corrected chi connectivity index (χ1v) is 10.4. The van der Waals surface area contributed by atoms with Gasteiger partial charge in [-0.25, -0.2) is 4.98 Å². The number of aromatic nitrogens is 1. The summed E-state index contributed by atoms with van der Waals surface area (Å²) < 4.78 is 0. The maximum atomic E-state index is 12.4. The van der Waals surface area contributed by atoms with Crippen LogP contribution in [0.1, 0.15) is 36.1 Å². The number of hydrogen-bond donors (Lipinski definition) is 1. The van der Waals surface area contributed by atoms with E-state index in [4.69, 9.17) is 0 Å². The van der Waals surface area contributed by atoms with Gasteiger partial charge in [-0.05, 0) is 49.4 Å². The number of hydrazone groups is 1. The van der Waals surface area contributed by atoms with Gasteiger partial charge in [0.25, 0.3) is 5.91 Å². The smallest absolute Gasteiger partial charge is 0.255 e. The van der Waals surface area contributed by atoms with Crippen molar-refractivity contribution in [2.24, 2.45) is 5.10 Å². The largest absolute Gasteiger partial charge is 0.312 e. The average Bonchev–Trinajstić information content (AvgIpc) is 3.12. The van der Waals surface area contributed by atoms with Crippen LogP contribution >= 0.6 is 11.8 Å². The first-order valence-electron chi connectivity index (χ1n) is 9.45. The van der Waals surface area contributed by atoms with Crippen molar-refractivity contribution in [2.75, 3.05) is 10.8 Å². The van der Waals surface area contributed by atoms with E-state index in [2.05, 4.69) is 21.5 Å². The molecular formula is C21H19N5O2S. The molecule has 0 saturated heterocycles. The quantitative estimate of drug-likeness (QED) is 0.789. The lowest BCUT2D eigenvalue weighted by Gasteiger charge is -2.16. The topological polar surface area (TPSA) is 98.4 Å². The van der Waals surface area contributed by atoms with Gasteiger partial charge in [0.1, 0.15) is 16.9 Å². The zero-order valence-electron chi connectivity index (χ0n) is 15.7. The van der Waals surface area contributed by atoms with Gasteiger partial charge in [0, 0.05) is 5.69 Å². The molecule has 0 bridgehead atoms. The summed E-state index contributed by atoms with van der Waals surface area (Å²) in [5, 5.41) is 18.2. The molecular weight excluding hydrogens is 386 g/mol. The van der Waals surface area contributed by atoms with Crippen LogP contribution in [0.2, 0.25) is 0 Å². The minimum Gasteiger partial charge on any atom is -0.312 e. The molecule has 0 atom stereocenters. The minimum absolute atomic E-state index is 0.0475. The Morgan fingerprint density at radius 2 is 2.03 bits per heavy atom. The van der Waals surface area contributed by atoms with Gasteiger partial charge >= 0.3 is 0 Å². The van der Waals surface area contributed by atoms with Crippen LogP contribution in [0.5, 0.6) is 0 Å². The molecule has 1 aliphatic carbocycles. The monoisotopic (exact) mass is 405 g/mol. The fourth-order valence-electron chi connectivity index (χ4n) is 3.41. The summed E-state index contributed by atoms with van der Waals surface area (Å²) in [5.74, 6) is -0.0514. The number of benzene rings is 1. The highest BCUT2D eigenvalue weighted by Gasteiger charge is 2.26. The number of anilines is 1. The number of para-hydroxylation sites is 1. The second-order valence-electron chi connectivity index (χ2n) is 6.87.